The summed E-state index contributed by atoms with van der Waals surface area (Å²) >= 11 is 1.74. The first-order valence-corrected chi connectivity index (χ1v) is 10.2. The van der Waals surface area contributed by atoms with Crippen LogP contribution in [0.25, 0.3) is 0 Å². The normalized spacial score (nSPS) is 11.7. The SMILES string of the molecule is CCNC(=NCc1cccc(OCCN(C)C)c1)NCc1ncc(CC)s1. The van der Waals surface area contributed by atoms with Gasteiger partial charge in [0.2, 0.25) is 0 Å². The van der Waals surface area contributed by atoms with Gasteiger partial charge < -0.3 is 20.3 Å². The van der Waals surface area contributed by atoms with Crippen LogP contribution in [0.1, 0.15) is 29.3 Å². The minimum absolute atomic E-state index is 0.596. The molecule has 0 bridgehead atoms. The van der Waals surface area contributed by atoms with Crippen LogP contribution in [0.3, 0.4) is 0 Å². The second-order valence-corrected chi connectivity index (χ2v) is 7.62. The van der Waals surface area contributed by atoms with E-state index in [1.807, 2.05) is 32.4 Å². The second-order valence-electron chi connectivity index (χ2n) is 6.42. The lowest BCUT2D eigenvalue weighted by molar-refractivity contribution is 0.261. The molecule has 1 aromatic carbocycles. The van der Waals surface area contributed by atoms with Crippen LogP contribution in [0.4, 0.5) is 0 Å². The van der Waals surface area contributed by atoms with E-state index in [-0.39, 0.29) is 0 Å². The van der Waals surface area contributed by atoms with Crippen molar-refractivity contribution in [3.8, 4) is 5.75 Å². The van der Waals surface area contributed by atoms with E-state index in [2.05, 4.69) is 51.5 Å². The van der Waals surface area contributed by atoms with Crippen molar-refractivity contribution in [2.75, 3.05) is 33.8 Å². The number of guanidine groups is 1. The first-order chi connectivity index (χ1) is 13.1. The lowest BCUT2D eigenvalue weighted by Crippen LogP contribution is -2.36. The van der Waals surface area contributed by atoms with Gasteiger partial charge in [0.1, 0.15) is 17.4 Å². The molecule has 0 spiro atoms. The van der Waals surface area contributed by atoms with Gasteiger partial charge in [-0.25, -0.2) is 9.98 Å². The number of nitrogens with zero attached hydrogens (tertiary/aromatic N) is 3. The fraction of sp³-hybridized carbons (Fsp3) is 0.500. The van der Waals surface area contributed by atoms with E-state index < -0.39 is 0 Å². The monoisotopic (exact) mass is 389 g/mol. The maximum absolute atomic E-state index is 5.80. The van der Waals surface area contributed by atoms with Crippen molar-refractivity contribution in [1.29, 1.82) is 0 Å². The number of aromatic nitrogens is 1. The average molecular weight is 390 g/mol. The molecule has 2 N–H and O–H groups in total. The van der Waals surface area contributed by atoms with Crippen LogP contribution in [-0.4, -0.2) is 49.6 Å². The topological polar surface area (TPSA) is 61.8 Å². The molecule has 1 heterocycles. The average Bonchev–Trinajstić information content (AvgIpc) is 3.12. The van der Waals surface area contributed by atoms with Crippen LogP contribution in [0, 0.1) is 0 Å². The highest BCUT2D eigenvalue weighted by Crippen LogP contribution is 2.14. The third-order valence-electron chi connectivity index (χ3n) is 3.83. The summed E-state index contributed by atoms with van der Waals surface area (Å²) < 4.78 is 5.80. The van der Waals surface area contributed by atoms with Crippen molar-refractivity contribution in [2.45, 2.75) is 33.4 Å². The van der Waals surface area contributed by atoms with E-state index in [0.29, 0.717) is 19.7 Å². The highest BCUT2D eigenvalue weighted by atomic mass is 32.1. The van der Waals surface area contributed by atoms with Crippen molar-refractivity contribution in [2.24, 2.45) is 4.99 Å². The molecule has 7 heteroatoms. The zero-order valence-corrected chi connectivity index (χ0v) is 17.6. The molecule has 0 saturated carbocycles. The summed E-state index contributed by atoms with van der Waals surface area (Å²) in [4.78, 5) is 12.5. The Labute approximate surface area is 166 Å². The summed E-state index contributed by atoms with van der Waals surface area (Å²) in [5.74, 6) is 1.68. The Morgan fingerprint density at radius 2 is 2.11 bits per heavy atom. The number of rotatable bonds is 10. The summed E-state index contributed by atoms with van der Waals surface area (Å²) in [6.07, 6.45) is 2.98. The molecule has 0 unspecified atom stereocenters. The lowest BCUT2D eigenvalue weighted by atomic mass is 10.2. The molecule has 148 valence electrons. The number of aryl methyl sites for hydroxylation is 1. The Morgan fingerprint density at radius 1 is 1.26 bits per heavy atom. The van der Waals surface area contributed by atoms with Crippen molar-refractivity contribution in [3.63, 3.8) is 0 Å². The van der Waals surface area contributed by atoms with Crippen molar-refractivity contribution < 1.29 is 4.74 Å². The molecule has 0 aliphatic carbocycles. The molecule has 2 aromatic rings. The number of likely N-dealkylation sites (N-methyl/N-ethyl adjacent to an activating group) is 1. The Balaban J connectivity index is 1.91. The Morgan fingerprint density at radius 3 is 2.81 bits per heavy atom. The van der Waals surface area contributed by atoms with Gasteiger partial charge in [0.05, 0.1) is 13.1 Å². The minimum Gasteiger partial charge on any atom is -0.492 e. The van der Waals surface area contributed by atoms with Gasteiger partial charge >= 0.3 is 0 Å². The highest BCUT2D eigenvalue weighted by molar-refractivity contribution is 7.11. The summed E-state index contributed by atoms with van der Waals surface area (Å²) in [6, 6.07) is 8.12. The molecule has 0 aliphatic rings. The van der Waals surface area contributed by atoms with Gasteiger partial charge in [0.25, 0.3) is 0 Å². The molecule has 2 rings (SSSR count). The molecule has 0 radical (unpaired) electrons. The van der Waals surface area contributed by atoms with Gasteiger partial charge in [0.15, 0.2) is 5.96 Å². The minimum atomic E-state index is 0.596. The number of aliphatic imine (C=N–C) groups is 1. The molecular weight excluding hydrogens is 358 g/mol. The highest BCUT2D eigenvalue weighted by Gasteiger charge is 2.03. The quantitative estimate of drug-likeness (QED) is 0.483. The van der Waals surface area contributed by atoms with Gasteiger partial charge in [-0.1, -0.05) is 19.1 Å². The molecule has 27 heavy (non-hydrogen) atoms. The van der Waals surface area contributed by atoms with Crippen LogP contribution in [-0.2, 0) is 19.5 Å². The number of hydrogen-bond donors (Lipinski definition) is 2. The molecule has 6 nitrogen and oxygen atoms in total. The van der Waals surface area contributed by atoms with Gasteiger partial charge in [-0.3, -0.25) is 0 Å². The largest absolute Gasteiger partial charge is 0.492 e. The second kappa shape index (κ2) is 11.6. The van der Waals surface area contributed by atoms with E-state index in [4.69, 9.17) is 4.74 Å². The van der Waals surface area contributed by atoms with Crippen LogP contribution in [0.5, 0.6) is 5.75 Å². The van der Waals surface area contributed by atoms with Crippen molar-refractivity contribution in [1.82, 2.24) is 20.5 Å². The molecule has 0 fully saturated rings. The molecule has 0 atom stereocenters. The number of benzene rings is 1. The third kappa shape index (κ3) is 7.97. The van der Waals surface area contributed by atoms with E-state index >= 15 is 0 Å². The van der Waals surface area contributed by atoms with Crippen LogP contribution in [0.15, 0.2) is 35.5 Å². The van der Waals surface area contributed by atoms with Gasteiger partial charge in [-0.2, -0.15) is 0 Å². The lowest BCUT2D eigenvalue weighted by Gasteiger charge is -2.12. The molecule has 0 saturated heterocycles. The summed E-state index contributed by atoms with van der Waals surface area (Å²) in [7, 11) is 4.08. The van der Waals surface area contributed by atoms with E-state index in [1.54, 1.807) is 11.3 Å². The smallest absolute Gasteiger partial charge is 0.191 e. The van der Waals surface area contributed by atoms with Crippen molar-refractivity contribution >= 4 is 17.3 Å². The summed E-state index contributed by atoms with van der Waals surface area (Å²) in [5, 5.41) is 7.72. The zero-order chi connectivity index (χ0) is 19.5. The van der Waals surface area contributed by atoms with Crippen molar-refractivity contribution in [3.05, 3.63) is 45.9 Å². The van der Waals surface area contributed by atoms with Crippen LogP contribution >= 0.6 is 11.3 Å². The van der Waals surface area contributed by atoms with Gasteiger partial charge in [-0.15, -0.1) is 11.3 Å². The van der Waals surface area contributed by atoms with E-state index in [1.165, 1.54) is 4.88 Å². The summed E-state index contributed by atoms with van der Waals surface area (Å²) in [6.45, 7) is 7.88. The van der Waals surface area contributed by atoms with Gasteiger partial charge in [0, 0.05) is 24.2 Å². The number of ether oxygens (including phenoxy) is 1. The zero-order valence-electron chi connectivity index (χ0n) is 16.8. The predicted molar refractivity (Wildman–Crippen MR) is 114 cm³/mol. The maximum Gasteiger partial charge on any atom is 0.191 e. The Bertz CT molecular complexity index is 714. The number of thiazole rings is 1. The number of nitrogens with one attached hydrogen (secondary N) is 2. The maximum atomic E-state index is 5.80. The van der Waals surface area contributed by atoms with E-state index in [9.17, 15) is 0 Å². The first kappa shape index (κ1) is 21.2. The molecule has 1 aromatic heterocycles. The molecular formula is C20H31N5OS. The Kier molecular flexibility index (Phi) is 9.07. The fourth-order valence-corrected chi connectivity index (χ4v) is 3.15. The van der Waals surface area contributed by atoms with Crippen LogP contribution in [0.2, 0.25) is 0 Å². The fourth-order valence-electron chi connectivity index (χ4n) is 2.34. The van der Waals surface area contributed by atoms with E-state index in [0.717, 1.165) is 41.8 Å². The van der Waals surface area contributed by atoms with Gasteiger partial charge in [-0.05, 0) is 45.1 Å². The standard InChI is InChI=1S/C20H31N5OS/c1-5-18-14-22-19(27-18)15-24-20(21-6-2)23-13-16-8-7-9-17(12-16)26-11-10-25(3)4/h7-9,12,14H,5-6,10-11,13,15H2,1-4H3,(H2,21,23,24). The predicted octanol–water partition coefficient (Wildman–Crippen LogP) is 2.90. The van der Waals surface area contributed by atoms with Crippen LogP contribution < -0.4 is 15.4 Å². The molecule has 0 amide bonds. The third-order valence-corrected chi connectivity index (χ3v) is 4.97. The molecule has 0 aliphatic heterocycles. The Hall–Kier alpha value is -2.12. The first-order valence-electron chi connectivity index (χ1n) is 9.43. The summed E-state index contributed by atoms with van der Waals surface area (Å²) in [5.41, 5.74) is 1.12. The number of hydrogen-bond acceptors (Lipinski definition) is 5.